The molecule has 0 saturated carbocycles. The summed E-state index contributed by atoms with van der Waals surface area (Å²) in [7, 11) is 0. The van der Waals surface area contributed by atoms with Crippen molar-refractivity contribution in [3.63, 3.8) is 0 Å². The maximum atomic E-state index is 12.7. The molecule has 0 nitrogen and oxygen atoms in total. The van der Waals surface area contributed by atoms with Gasteiger partial charge in [0.05, 0.1) is 10.0 Å². The van der Waals surface area contributed by atoms with Gasteiger partial charge >= 0.3 is 6.18 Å². The number of alkyl halides is 3. The van der Waals surface area contributed by atoms with Crippen molar-refractivity contribution in [1.82, 2.24) is 0 Å². The molecule has 0 saturated heterocycles. The summed E-state index contributed by atoms with van der Waals surface area (Å²) in [6.45, 7) is 0. The number of rotatable bonds is 2. The third kappa shape index (κ3) is 3.78. The molecule has 0 amide bonds. The first kappa shape index (κ1) is 14.9. The second-order valence-corrected chi connectivity index (χ2v) is 4.91. The summed E-state index contributed by atoms with van der Waals surface area (Å²) in [5.74, 6) is 0. The topological polar surface area (TPSA) is 0 Å². The highest BCUT2D eigenvalue weighted by Gasteiger charge is 2.25. The second kappa shape index (κ2) is 5.90. The highest BCUT2D eigenvalue weighted by atomic mass is 35.5. The lowest BCUT2D eigenvalue weighted by Crippen LogP contribution is -2.04. The average molecular weight is 317 g/mol. The largest absolute Gasteiger partial charge is 0.410 e. The van der Waals surface area contributed by atoms with Crippen LogP contribution in [0.15, 0.2) is 54.6 Å². The molecule has 0 fully saturated rings. The van der Waals surface area contributed by atoms with E-state index in [0.717, 1.165) is 0 Å². The molecule has 104 valence electrons. The molecular weight excluding hydrogens is 308 g/mol. The molecule has 0 aliphatic rings. The Morgan fingerprint density at radius 1 is 0.850 bits per heavy atom. The van der Waals surface area contributed by atoms with Gasteiger partial charge in [-0.1, -0.05) is 59.6 Å². The van der Waals surface area contributed by atoms with Crippen LogP contribution >= 0.6 is 23.2 Å². The van der Waals surface area contributed by atoms with Gasteiger partial charge in [0.1, 0.15) is 0 Å². The van der Waals surface area contributed by atoms with Gasteiger partial charge in [-0.25, -0.2) is 0 Å². The molecule has 0 heterocycles. The van der Waals surface area contributed by atoms with E-state index < -0.39 is 6.18 Å². The van der Waals surface area contributed by atoms with Crippen LogP contribution < -0.4 is 0 Å². The molecule has 0 bridgehead atoms. The Bertz CT molecular complexity index is 631. The van der Waals surface area contributed by atoms with E-state index in [9.17, 15) is 13.2 Å². The van der Waals surface area contributed by atoms with Crippen LogP contribution in [-0.2, 0) is 0 Å². The van der Waals surface area contributed by atoms with Crippen LogP contribution in [0.3, 0.4) is 0 Å². The van der Waals surface area contributed by atoms with Crippen molar-refractivity contribution in [3.8, 4) is 0 Å². The van der Waals surface area contributed by atoms with Crippen LogP contribution in [0.2, 0.25) is 10.0 Å². The lowest BCUT2D eigenvalue weighted by molar-refractivity contribution is -0.0793. The Balaban J connectivity index is 2.58. The van der Waals surface area contributed by atoms with Gasteiger partial charge in [-0.3, -0.25) is 0 Å². The molecule has 0 N–H and O–H groups in total. The average Bonchev–Trinajstić information content (AvgIpc) is 2.39. The number of benzene rings is 2. The predicted octanol–water partition coefficient (Wildman–Crippen LogP) is 5.99. The third-order valence-electron chi connectivity index (χ3n) is 2.62. The first-order valence-electron chi connectivity index (χ1n) is 5.67. The summed E-state index contributed by atoms with van der Waals surface area (Å²) in [5.41, 5.74) is 0.878. The SMILES string of the molecule is FC(F)(F)/C=C(/c1ccccc1)c1ccc(Cl)c(Cl)c1. The highest BCUT2D eigenvalue weighted by Crippen LogP contribution is 2.32. The molecule has 2 aromatic carbocycles. The molecule has 20 heavy (non-hydrogen) atoms. The molecule has 0 unspecified atom stereocenters. The molecule has 0 aliphatic carbocycles. The van der Waals surface area contributed by atoms with Crippen LogP contribution in [0.5, 0.6) is 0 Å². The van der Waals surface area contributed by atoms with Gasteiger partial charge in [-0.2, -0.15) is 13.2 Å². The normalized spacial score (nSPS) is 12.6. The zero-order chi connectivity index (χ0) is 14.8. The lowest BCUT2D eigenvalue weighted by Gasteiger charge is -2.11. The van der Waals surface area contributed by atoms with Gasteiger partial charge in [0.15, 0.2) is 0 Å². The van der Waals surface area contributed by atoms with Crippen LogP contribution in [0, 0.1) is 0 Å². The smallest absolute Gasteiger partial charge is 0.167 e. The van der Waals surface area contributed by atoms with Crippen molar-refractivity contribution in [1.29, 1.82) is 0 Å². The van der Waals surface area contributed by atoms with Crippen molar-refractivity contribution < 1.29 is 13.2 Å². The predicted molar refractivity (Wildman–Crippen MR) is 76.0 cm³/mol. The Labute approximate surface area is 124 Å². The van der Waals surface area contributed by atoms with Crippen molar-refractivity contribution in [2.75, 3.05) is 0 Å². The van der Waals surface area contributed by atoms with Gasteiger partial charge in [-0.15, -0.1) is 0 Å². The van der Waals surface area contributed by atoms with Gasteiger partial charge in [0.25, 0.3) is 0 Å². The molecule has 2 aromatic rings. The molecule has 2 rings (SSSR count). The quantitative estimate of drug-likeness (QED) is 0.638. The number of hydrogen-bond acceptors (Lipinski definition) is 0. The van der Waals surface area contributed by atoms with E-state index in [2.05, 4.69) is 0 Å². The fraction of sp³-hybridized carbons (Fsp3) is 0.0667. The minimum atomic E-state index is -4.42. The van der Waals surface area contributed by atoms with E-state index in [-0.39, 0.29) is 16.7 Å². The Hall–Kier alpha value is -1.45. The van der Waals surface area contributed by atoms with E-state index in [0.29, 0.717) is 16.1 Å². The fourth-order valence-corrected chi connectivity index (χ4v) is 2.08. The van der Waals surface area contributed by atoms with Crippen LogP contribution in [0.4, 0.5) is 13.2 Å². The number of allylic oxidation sites excluding steroid dienone is 1. The second-order valence-electron chi connectivity index (χ2n) is 4.09. The summed E-state index contributed by atoms with van der Waals surface area (Å²) >= 11 is 11.7. The van der Waals surface area contributed by atoms with Crippen molar-refractivity contribution in [3.05, 3.63) is 75.8 Å². The standard InChI is InChI=1S/C15H9Cl2F3/c16-13-7-6-11(8-14(13)17)12(9-15(18,19)20)10-4-2-1-3-5-10/h1-9H/b12-9-. The summed E-state index contributed by atoms with van der Waals surface area (Å²) < 4.78 is 38.2. The van der Waals surface area contributed by atoms with E-state index in [4.69, 9.17) is 23.2 Å². The molecule has 0 aliphatic heterocycles. The molecule has 0 radical (unpaired) electrons. The van der Waals surface area contributed by atoms with E-state index in [1.165, 1.54) is 18.2 Å². The highest BCUT2D eigenvalue weighted by molar-refractivity contribution is 6.42. The zero-order valence-electron chi connectivity index (χ0n) is 10.1. The Kier molecular flexibility index (Phi) is 4.41. The van der Waals surface area contributed by atoms with Crippen molar-refractivity contribution in [2.24, 2.45) is 0 Å². The van der Waals surface area contributed by atoms with Crippen LogP contribution in [-0.4, -0.2) is 6.18 Å². The van der Waals surface area contributed by atoms with Gasteiger partial charge in [0.2, 0.25) is 0 Å². The van der Waals surface area contributed by atoms with Gasteiger partial charge < -0.3 is 0 Å². The maximum absolute atomic E-state index is 12.7. The van der Waals surface area contributed by atoms with Crippen LogP contribution in [0.1, 0.15) is 11.1 Å². The number of halogens is 5. The third-order valence-corrected chi connectivity index (χ3v) is 3.36. The zero-order valence-corrected chi connectivity index (χ0v) is 11.6. The lowest BCUT2D eigenvalue weighted by atomic mass is 9.97. The minimum absolute atomic E-state index is 0.0525. The summed E-state index contributed by atoms with van der Waals surface area (Å²) in [4.78, 5) is 0. The Morgan fingerprint density at radius 3 is 2.05 bits per heavy atom. The first-order valence-corrected chi connectivity index (χ1v) is 6.43. The molecule has 5 heteroatoms. The molecule has 0 atom stereocenters. The van der Waals surface area contributed by atoms with Gasteiger partial charge in [0, 0.05) is 6.08 Å². The molecular formula is C15H9Cl2F3. The van der Waals surface area contributed by atoms with Crippen molar-refractivity contribution >= 4 is 28.8 Å². The number of hydrogen-bond donors (Lipinski definition) is 0. The first-order chi connectivity index (χ1) is 9.37. The Morgan fingerprint density at radius 2 is 1.50 bits per heavy atom. The fourth-order valence-electron chi connectivity index (χ4n) is 1.78. The summed E-state index contributed by atoms with van der Waals surface area (Å²) in [6.07, 6.45) is -4.15. The van der Waals surface area contributed by atoms with E-state index >= 15 is 0 Å². The van der Waals surface area contributed by atoms with E-state index in [1.54, 1.807) is 30.3 Å². The monoisotopic (exact) mass is 316 g/mol. The van der Waals surface area contributed by atoms with Crippen molar-refractivity contribution in [2.45, 2.75) is 6.18 Å². The molecule has 0 spiro atoms. The van der Waals surface area contributed by atoms with Crippen LogP contribution in [0.25, 0.3) is 5.57 Å². The summed E-state index contributed by atoms with van der Waals surface area (Å²) in [5, 5.41) is 0.517. The minimum Gasteiger partial charge on any atom is -0.167 e. The van der Waals surface area contributed by atoms with E-state index in [1.807, 2.05) is 0 Å². The maximum Gasteiger partial charge on any atom is 0.410 e. The van der Waals surface area contributed by atoms with Gasteiger partial charge in [-0.05, 0) is 28.8 Å². The molecule has 0 aromatic heterocycles. The summed E-state index contributed by atoms with van der Waals surface area (Å²) in [6, 6.07) is 12.7.